The predicted molar refractivity (Wildman–Crippen MR) is 105 cm³/mol. The van der Waals surface area contributed by atoms with Crippen LogP contribution in [0.25, 0.3) is 11.4 Å². The Balaban J connectivity index is 1.52. The van der Waals surface area contributed by atoms with E-state index in [0.29, 0.717) is 17.9 Å². The summed E-state index contributed by atoms with van der Waals surface area (Å²) in [6.45, 7) is 2.22. The molecule has 146 valence electrons. The SMILES string of the molecule is Cc1ccc(S(=O)(=O)c2ccc(Cn3nnc(-c4cccc(F)c4)n3)cc2)cc1. The highest BCUT2D eigenvalue weighted by atomic mass is 32.2. The fraction of sp³-hybridized carbons (Fsp3) is 0.0952. The third kappa shape index (κ3) is 4.07. The van der Waals surface area contributed by atoms with Crippen molar-refractivity contribution in [1.29, 1.82) is 0 Å². The lowest BCUT2D eigenvalue weighted by Crippen LogP contribution is -2.05. The molecule has 0 aliphatic carbocycles. The minimum absolute atomic E-state index is 0.220. The summed E-state index contributed by atoms with van der Waals surface area (Å²) in [6, 6.07) is 19.3. The van der Waals surface area contributed by atoms with Gasteiger partial charge >= 0.3 is 0 Å². The van der Waals surface area contributed by atoms with Crippen molar-refractivity contribution in [3.05, 3.63) is 89.7 Å². The maximum Gasteiger partial charge on any atom is 0.206 e. The molecule has 6 nitrogen and oxygen atoms in total. The Labute approximate surface area is 167 Å². The molecule has 0 radical (unpaired) electrons. The molecule has 0 amide bonds. The van der Waals surface area contributed by atoms with E-state index in [1.807, 2.05) is 6.92 Å². The number of nitrogens with zero attached hydrogens (tertiary/aromatic N) is 4. The van der Waals surface area contributed by atoms with Gasteiger partial charge in [0.1, 0.15) is 5.82 Å². The average molecular weight is 408 g/mol. The third-order valence-electron chi connectivity index (χ3n) is 4.42. The normalized spacial score (nSPS) is 11.5. The second-order valence-corrected chi connectivity index (χ2v) is 8.56. The zero-order valence-corrected chi connectivity index (χ0v) is 16.3. The molecule has 3 aromatic carbocycles. The van der Waals surface area contributed by atoms with Crippen LogP contribution in [0, 0.1) is 12.7 Å². The van der Waals surface area contributed by atoms with Gasteiger partial charge in [-0.3, -0.25) is 0 Å². The molecule has 0 spiro atoms. The lowest BCUT2D eigenvalue weighted by Gasteiger charge is -2.06. The topological polar surface area (TPSA) is 77.7 Å². The monoisotopic (exact) mass is 408 g/mol. The van der Waals surface area contributed by atoms with E-state index in [4.69, 9.17) is 0 Å². The highest BCUT2D eigenvalue weighted by molar-refractivity contribution is 7.91. The maximum atomic E-state index is 13.4. The van der Waals surface area contributed by atoms with Gasteiger partial charge in [-0.05, 0) is 54.1 Å². The molecule has 0 N–H and O–H groups in total. The first-order valence-corrected chi connectivity index (χ1v) is 10.3. The van der Waals surface area contributed by atoms with Gasteiger partial charge in [0.05, 0.1) is 16.3 Å². The molecule has 0 atom stereocenters. The van der Waals surface area contributed by atoms with E-state index >= 15 is 0 Å². The Morgan fingerprint density at radius 1 is 0.931 bits per heavy atom. The van der Waals surface area contributed by atoms with Crippen LogP contribution in [0.4, 0.5) is 4.39 Å². The molecule has 1 heterocycles. The van der Waals surface area contributed by atoms with E-state index < -0.39 is 9.84 Å². The summed E-state index contributed by atoms with van der Waals surface area (Å²) in [5.74, 6) is -0.0488. The molecule has 0 fully saturated rings. The summed E-state index contributed by atoms with van der Waals surface area (Å²) < 4.78 is 38.8. The number of aromatic nitrogens is 4. The lowest BCUT2D eigenvalue weighted by atomic mass is 10.2. The van der Waals surface area contributed by atoms with Gasteiger partial charge in [0.2, 0.25) is 15.7 Å². The molecule has 0 saturated heterocycles. The largest absolute Gasteiger partial charge is 0.219 e. The Morgan fingerprint density at radius 2 is 1.59 bits per heavy atom. The molecular weight excluding hydrogens is 391 g/mol. The summed E-state index contributed by atoms with van der Waals surface area (Å²) in [4.78, 5) is 1.86. The van der Waals surface area contributed by atoms with Crippen LogP contribution in [-0.2, 0) is 16.4 Å². The summed E-state index contributed by atoms with van der Waals surface area (Å²) in [6.07, 6.45) is 0. The van der Waals surface area contributed by atoms with E-state index in [1.54, 1.807) is 60.7 Å². The minimum atomic E-state index is -3.57. The van der Waals surface area contributed by atoms with Gasteiger partial charge in [0, 0.05) is 5.56 Å². The van der Waals surface area contributed by atoms with Gasteiger partial charge in [-0.1, -0.05) is 42.0 Å². The Morgan fingerprint density at radius 3 is 2.24 bits per heavy atom. The van der Waals surface area contributed by atoms with Crippen molar-refractivity contribution in [2.75, 3.05) is 0 Å². The molecule has 0 unspecified atom stereocenters. The number of aryl methyl sites for hydroxylation is 1. The first kappa shape index (κ1) is 18.9. The van der Waals surface area contributed by atoms with Crippen molar-refractivity contribution in [2.45, 2.75) is 23.3 Å². The second-order valence-electron chi connectivity index (χ2n) is 6.61. The van der Waals surface area contributed by atoms with E-state index in [1.165, 1.54) is 16.9 Å². The molecule has 0 aliphatic heterocycles. The average Bonchev–Trinajstić information content (AvgIpc) is 3.17. The van der Waals surface area contributed by atoms with Crippen LogP contribution in [-0.4, -0.2) is 28.6 Å². The molecule has 1 aromatic heterocycles. The van der Waals surface area contributed by atoms with Gasteiger partial charge in [0.15, 0.2) is 0 Å². The van der Waals surface area contributed by atoms with Crippen LogP contribution in [0.5, 0.6) is 0 Å². The first-order valence-electron chi connectivity index (χ1n) is 8.86. The van der Waals surface area contributed by atoms with Gasteiger partial charge in [-0.2, -0.15) is 4.80 Å². The highest BCUT2D eigenvalue weighted by Crippen LogP contribution is 2.22. The second kappa shape index (κ2) is 7.56. The van der Waals surface area contributed by atoms with Crippen LogP contribution in [0.2, 0.25) is 0 Å². The van der Waals surface area contributed by atoms with Crippen LogP contribution in [0.1, 0.15) is 11.1 Å². The van der Waals surface area contributed by atoms with Crippen LogP contribution < -0.4 is 0 Å². The summed E-state index contributed by atoms with van der Waals surface area (Å²) in [5, 5.41) is 12.2. The first-order chi connectivity index (χ1) is 13.9. The molecule has 8 heteroatoms. The summed E-state index contributed by atoms with van der Waals surface area (Å²) in [7, 11) is -3.57. The number of benzene rings is 3. The van der Waals surface area contributed by atoms with Crippen molar-refractivity contribution in [2.24, 2.45) is 0 Å². The highest BCUT2D eigenvalue weighted by Gasteiger charge is 2.17. The number of sulfone groups is 1. The molecule has 0 aliphatic rings. The number of hydrogen-bond donors (Lipinski definition) is 0. The van der Waals surface area contributed by atoms with E-state index in [-0.39, 0.29) is 15.6 Å². The van der Waals surface area contributed by atoms with Gasteiger partial charge in [-0.25, -0.2) is 12.8 Å². The molecule has 0 bridgehead atoms. The van der Waals surface area contributed by atoms with Crippen molar-refractivity contribution in [3.8, 4) is 11.4 Å². The molecular formula is C21H17FN4O2S. The van der Waals surface area contributed by atoms with E-state index in [2.05, 4.69) is 15.4 Å². The van der Waals surface area contributed by atoms with Gasteiger partial charge in [-0.15, -0.1) is 10.2 Å². The maximum absolute atomic E-state index is 13.4. The zero-order chi connectivity index (χ0) is 20.4. The van der Waals surface area contributed by atoms with Crippen molar-refractivity contribution in [3.63, 3.8) is 0 Å². The van der Waals surface area contributed by atoms with Crippen molar-refractivity contribution < 1.29 is 12.8 Å². The zero-order valence-electron chi connectivity index (χ0n) is 15.5. The van der Waals surface area contributed by atoms with Crippen LogP contribution in [0.15, 0.2) is 82.6 Å². The van der Waals surface area contributed by atoms with Crippen molar-refractivity contribution in [1.82, 2.24) is 20.2 Å². The number of halogens is 1. The molecule has 4 aromatic rings. The fourth-order valence-electron chi connectivity index (χ4n) is 2.84. The molecule has 0 saturated carbocycles. The summed E-state index contributed by atoms with van der Waals surface area (Å²) in [5.41, 5.74) is 2.35. The Bertz CT molecular complexity index is 1250. The van der Waals surface area contributed by atoms with Crippen molar-refractivity contribution >= 4 is 9.84 Å². The number of hydrogen-bond acceptors (Lipinski definition) is 5. The minimum Gasteiger partial charge on any atom is -0.219 e. The number of rotatable bonds is 5. The Hall–Kier alpha value is -3.39. The van der Waals surface area contributed by atoms with Gasteiger partial charge in [0.25, 0.3) is 0 Å². The number of tetrazole rings is 1. The van der Waals surface area contributed by atoms with E-state index in [0.717, 1.165) is 11.1 Å². The lowest BCUT2D eigenvalue weighted by molar-refractivity contribution is 0.572. The molecule has 29 heavy (non-hydrogen) atoms. The quantitative estimate of drug-likeness (QED) is 0.504. The third-order valence-corrected chi connectivity index (χ3v) is 6.21. The Kier molecular flexibility index (Phi) is 4.94. The summed E-state index contributed by atoms with van der Waals surface area (Å²) >= 11 is 0. The molecule has 4 rings (SSSR count). The smallest absolute Gasteiger partial charge is 0.206 e. The van der Waals surface area contributed by atoms with Gasteiger partial charge < -0.3 is 0 Å². The predicted octanol–water partition coefficient (Wildman–Crippen LogP) is 3.67. The van der Waals surface area contributed by atoms with Crippen LogP contribution in [0.3, 0.4) is 0 Å². The fourth-order valence-corrected chi connectivity index (χ4v) is 4.11. The van der Waals surface area contributed by atoms with E-state index in [9.17, 15) is 12.8 Å². The standard InChI is InChI=1S/C21H17FN4O2S/c1-15-5-9-19(10-6-15)29(27,28)20-11-7-16(8-12-20)14-26-24-21(23-25-26)17-3-2-4-18(22)13-17/h2-13H,14H2,1H3. The van der Waals surface area contributed by atoms with Crippen LogP contribution >= 0.6 is 0 Å².